The Balaban J connectivity index is 1.52. The van der Waals surface area contributed by atoms with Gasteiger partial charge in [-0.05, 0) is 48.3 Å². The number of rotatable bonds is 3. The lowest BCUT2D eigenvalue weighted by Gasteiger charge is -2.32. The monoisotopic (exact) mass is 387 g/mol. The van der Waals surface area contributed by atoms with Crippen LogP contribution < -0.4 is 0 Å². The summed E-state index contributed by atoms with van der Waals surface area (Å²) in [5.74, 6) is 0.892. The Kier molecular flexibility index (Phi) is 4.63. The lowest BCUT2D eigenvalue weighted by molar-refractivity contribution is 0.181. The molecular formula is C23H21N3OS. The molecule has 0 unspecified atom stereocenters. The van der Waals surface area contributed by atoms with E-state index in [2.05, 4.69) is 58.6 Å². The van der Waals surface area contributed by atoms with E-state index < -0.39 is 0 Å². The summed E-state index contributed by atoms with van der Waals surface area (Å²) in [4.78, 5) is 11.8. The van der Waals surface area contributed by atoms with Gasteiger partial charge in [-0.15, -0.1) is 0 Å². The van der Waals surface area contributed by atoms with Crippen molar-refractivity contribution in [1.29, 1.82) is 0 Å². The second-order valence-electron chi connectivity index (χ2n) is 7.07. The number of nitrogens with zero attached hydrogens (tertiary/aromatic N) is 3. The molecule has 28 heavy (non-hydrogen) atoms. The molecule has 0 saturated heterocycles. The van der Waals surface area contributed by atoms with Crippen LogP contribution in [0.2, 0.25) is 0 Å². The minimum absolute atomic E-state index is 0.505. The van der Waals surface area contributed by atoms with E-state index in [0.717, 1.165) is 45.9 Å². The van der Waals surface area contributed by atoms with E-state index in [1.807, 2.05) is 12.3 Å². The molecule has 2 aromatic rings. The van der Waals surface area contributed by atoms with Gasteiger partial charge in [0.1, 0.15) is 5.04 Å². The second-order valence-corrected chi connectivity index (χ2v) is 8.04. The first-order valence-corrected chi connectivity index (χ1v) is 10.4. The molecule has 3 aliphatic rings. The van der Waals surface area contributed by atoms with Crippen molar-refractivity contribution in [3.63, 3.8) is 0 Å². The highest BCUT2D eigenvalue weighted by molar-refractivity contribution is 8.14. The fraction of sp³-hybridized carbons (Fsp3) is 0.217. The number of aromatic nitrogens is 1. The van der Waals surface area contributed by atoms with Gasteiger partial charge < -0.3 is 9.64 Å². The number of ether oxygens (including phenoxy) is 1. The molecule has 1 aliphatic carbocycles. The molecule has 0 saturated carbocycles. The highest BCUT2D eigenvalue weighted by Gasteiger charge is 2.22. The van der Waals surface area contributed by atoms with Crippen molar-refractivity contribution in [3.8, 4) is 0 Å². The lowest BCUT2D eigenvalue weighted by atomic mass is 9.92. The van der Waals surface area contributed by atoms with Crippen LogP contribution in [0.3, 0.4) is 0 Å². The smallest absolute Gasteiger partial charge is 0.101 e. The fourth-order valence-corrected chi connectivity index (χ4v) is 4.60. The first-order chi connectivity index (χ1) is 13.8. The fourth-order valence-electron chi connectivity index (χ4n) is 3.74. The molecule has 0 bridgehead atoms. The van der Waals surface area contributed by atoms with Crippen molar-refractivity contribution in [2.75, 3.05) is 13.0 Å². The van der Waals surface area contributed by atoms with Crippen molar-refractivity contribution >= 4 is 33.3 Å². The highest BCUT2D eigenvalue weighted by atomic mass is 32.2. The van der Waals surface area contributed by atoms with Crippen LogP contribution in [0.25, 0.3) is 10.8 Å². The highest BCUT2D eigenvalue weighted by Crippen LogP contribution is 2.35. The van der Waals surface area contributed by atoms with Crippen LogP contribution in [0.1, 0.15) is 18.5 Å². The van der Waals surface area contributed by atoms with E-state index in [4.69, 9.17) is 9.73 Å². The van der Waals surface area contributed by atoms with Crippen LogP contribution in [0.4, 0.5) is 5.69 Å². The summed E-state index contributed by atoms with van der Waals surface area (Å²) in [6.07, 6.45) is 15.3. The predicted octanol–water partition coefficient (Wildman–Crippen LogP) is 5.48. The van der Waals surface area contributed by atoms with E-state index in [1.165, 1.54) is 16.8 Å². The van der Waals surface area contributed by atoms with Crippen molar-refractivity contribution in [3.05, 3.63) is 83.5 Å². The number of aliphatic imine (C=N–C) groups is 1. The summed E-state index contributed by atoms with van der Waals surface area (Å²) in [5, 5.41) is 3.25. The maximum atomic E-state index is 5.23. The normalized spacial score (nSPS) is 19.8. The van der Waals surface area contributed by atoms with Gasteiger partial charge in [0.05, 0.1) is 23.9 Å². The van der Waals surface area contributed by atoms with Crippen LogP contribution >= 0.6 is 11.8 Å². The van der Waals surface area contributed by atoms with Crippen molar-refractivity contribution in [2.45, 2.75) is 19.4 Å². The van der Waals surface area contributed by atoms with Gasteiger partial charge >= 0.3 is 0 Å². The van der Waals surface area contributed by atoms with Gasteiger partial charge in [-0.25, -0.2) is 4.99 Å². The molecule has 0 amide bonds. The van der Waals surface area contributed by atoms with E-state index >= 15 is 0 Å². The number of hydrogen-bond donors (Lipinski definition) is 0. The molecule has 0 radical (unpaired) electrons. The third-order valence-electron chi connectivity index (χ3n) is 5.16. The molecular weight excluding hydrogens is 366 g/mol. The van der Waals surface area contributed by atoms with E-state index in [1.54, 1.807) is 18.9 Å². The van der Waals surface area contributed by atoms with E-state index in [-0.39, 0.29) is 0 Å². The molecule has 2 aliphatic heterocycles. The molecule has 0 spiro atoms. The zero-order chi connectivity index (χ0) is 18.9. The van der Waals surface area contributed by atoms with Gasteiger partial charge in [-0.2, -0.15) is 0 Å². The third kappa shape index (κ3) is 3.32. The molecule has 5 rings (SSSR count). The van der Waals surface area contributed by atoms with Gasteiger partial charge in [-0.1, -0.05) is 36.0 Å². The molecule has 0 atom stereocenters. The first kappa shape index (κ1) is 17.5. The van der Waals surface area contributed by atoms with Crippen LogP contribution in [0.15, 0.2) is 82.8 Å². The number of pyridine rings is 1. The van der Waals surface area contributed by atoms with Crippen molar-refractivity contribution in [1.82, 2.24) is 9.88 Å². The first-order valence-electron chi connectivity index (χ1n) is 9.43. The van der Waals surface area contributed by atoms with Gasteiger partial charge in [0.15, 0.2) is 0 Å². The minimum Gasteiger partial charge on any atom is -0.378 e. The standard InChI is InChI=1S/C23H21N3OS/c1-27-14-19-10-21-17(12-24-19)7-4-8-22(21)25-23-11-20-9-16-5-2-3-6-18(16)13-26(20)15-28-23/h2-4,7-13H,5-6,14-15H2,1H3. The topological polar surface area (TPSA) is 37.7 Å². The molecule has 4 nitrogen and oxygen atoms in total. The molecule has 0 N–H and O–H groups in total. The Morgan fingerprint density at radius 1 is 1.18 bits per heavy atom. The SMILES string of the molecule is COCc1cc2c(N=C3C=C4C=C5CC=CCC5=CN4CS3)cccc2cn1. The summed E-state index contributed by atoms with van der Waals surface area (Å²) in [7, 11) is 1.69. The molecule has 0 fully saturated rings. The van der Waals surface area contributed by atoms with Gasteiger partial charge in [0, 0.05) is 36.0 Å². The summed E-state index contributed by atoms with van der Waals surface area (Å²) in [6.45, 7) is 0.505. The molecule has 5 heteroatoms. The number of benzene rings is 1. The summed E-state index contributed by atoms with van der Waals surface area (Å²) >= 11 is 1.77. The Bertz CT molecular complexity index is 1090. The van der Waals surface area contributed by atoms with E-state index in [0.29, 0.717) is 6.61 Å². The molecule has 3 heterocycles. The van der Waals surface area contributed by atoms with E-state index in [9.17, 15) is 0 Å². The Morgan fingerprint density at radius 2 is 2.07 bits per heavy atom. The van der Waals surface area contributed by atoms with Gasteiger partial charge in [0.2, 0.25) is 0 Å². The van der Waals surface area contributed by atoms with Crippen LogP contribution in [-0.2, 0) is 11.3 Å². The quantitative estimate of drug-likeness (QED) is 0.654. The molecule has 1 aromatic heterocycles. The summed E-state index contributed by atoms with van der Waals surface area (Å²) < 4.78 is 5.23. The minimum atomic E-state index is 0.505. The Hall–Kier alpha value is -2.63. The average Bonchev–Trinajstić information content (AvgIpc) is 2.73. The molecule has 140 valence electrons. The van der Waals surface area contributed by atoms with Crippen molar-refractivity contribution < 1.29 is 4.74 Å². The largest absolute Gasteiger partial charge is 0.378 e. The maximum Gasteiger partial charge on any atom is 0.101 e. The summed E-state index contributed by atoms with van der Waals surface area (Å²) in [5.41, 5.74) is 5.99. The number of fused-ring (bicyclic) bond motifs is 3. The van der Waals surface area contributed by atoms with Gasteiger partial charge in [0.25, 0.3) is 0 Å². The zero-order valence-electron chi connectivity index (χ0n) is 15.8. The Morgan fingerprint density at radius 3 is 2.96 bits per heavy atom. The second kappa shape index (κ2) is 7.41. The third-order valence-corrected chi connectivity index (χ3v) is 6.08. The zero-order valence-corrected chi connectivity index (χ0v) is 16.6. The maximum absolute atomic E-state index is 5.23. The average molecular weight is 388 g/mol. The number of allylic oxidation sites excluding steroid dienone is 5. The molecule has 1 aromatic carbocycles. The van der Waals surface area contributed by atoms with Crippen molar-refractivity contribution in [2.24, 2.45) is 4.99 Å². The number of thioether (sulfide) groups is 1. The Labute approximate surface area is 169 Å². The lowest BCUT2D eigenvalue weighted by Crippen LogP contribution is -2.24. The predicted molar refractivity (Wildman–Crippen MR) is 116 cm³/mol. The van der Waals surface area contributed by atoms with Crippen LogP contribution in [-0.4, -0.2) is 27.9 Å². The van der Waals surface area contributed by atoms with Crippen LogP contribution in [0.5, 0.6) is 0 Å². The number of hydrogen-bond acceptors (Lipinski definition) is 5. The van der Waals surface area contributed by atoms with Gasteiger partial charge in [-0.3, -0.25) is 4.98 Å². The summed E-state index contributed by atoms with van der Waals surface area (Å²) in [6, 6.07) is 8.27. The number of methoxy groups -OCH3 is 1. The van der Waals surface area contributed by atoms with Crippen LogP contribution in [0, 0.1) is 0 Å².